The molecular weight excluding hydrogens is 370 g/mol. The van der Waals surface area contributed by atoms with Crippen LogP contribution in [0.1, 0.15) is 52.0 Å². The molecule has 0 spiro atoms. The van der Waals surface area contributed by atoms with Gasteiger partial charge in [0.2, 0.25) is 5.96 Å². The van der Waals surface area contributed by atoms with Crippen molar-refractivity contribution in [1.29, 1.82) is 0 Å². The summed E-state index contributed by atoms with van der Waals surface area (Å²) in [6.45, 7) is 10.2. The molecule has 2 N–H and O–H groups in total. The molecule has 1 heterocycles. The number of nitrogens with zero attached hydrogens (tertiary/aromatic N) is 2. The second-order valence-electron chi connectivity index (χ2n) is 7.74. The van der Waals surface area contributed by atoms with E-state index in [-0.39, 0.29) is 11.0 Å². The molecule has 1 aromatic heterocycles. The van der Waals surface area contributed by atoms with Gasteiger partial charge in [0.15, 0.2) is 5.06 Å². The summed E-state index contributed by atoms with van der Waals surface area (Å²) in [5.74, 6) is -0.267. The minimum Gasteiger partial charge on any atom is -0.499 e. The number of allylic oxidation sites excluding steroid dienone is 1. The third kappa shape index (κ3) is 6.52. The van der Waals surface area contributed by atoms with Crippen molar-refractivity contribution in [1.82, 2.24) is 5.32 Å². The first-order chi connectivity index (χ1) is 12.3. The molecule has 2 amide bonds. The Morgan fingerprint density at radius 3 is 2.30 bits per heavy atom. The molecule has 146 valence electrons. The number of carbonyl (C=O) groups is 2. The number of nitrogens with one attached hydrogen (secondary N) is 1. The molecule has 0 fully saturated rings. The summed E-state index contributed by atoms with van der Waals surface area (Å²) in [5, 5.41) is 12.1. The molecule has 0 radical (unpaired) electrons. The Kier molecular flexibility index (Phi) is 5.74. The number of rotatable bonds is 0. The number of amides is 2. The van der Waals surface area contributed by atoms with E-state index >= 15 is 0 Å². The van der Waals surface area contributed by atoms with Gasteiger partial charge in [-0.15, -0.1) is 4.99 Å². The standard InChI is InChI=1S/C18H23N3O5S/c1-17(2,3)25-15(23)20-14(21-16(24)26-18(4,5)6)19-11-7-8-12-10(11)9-13(22)27-12/h7-9,22H,1-6H3,(H,20,21,23,24)/b19-11+. The Bertz CT molecular complexity index is 838. The highest BCUT2D eigenvalue weighted by molar-refractivity contribution is 7.15. The Labute approximate surface area is 161 Å². The van der Waals surface area contributed by atoms with Crippen molar-refractivity contribution < 1.29 is 24.2 Å². The Hall–Kier alpha value is -2.68. The lowest BCUT2D eigenvalue weighted by Crippen LogP contribution is -2.36. The van der Waals surface area contributed by atoms with E-state index in [1.165, 1.54) is 11.3 Å². The van der Waals surface area contributed by atoms with Crippen LogP contribution in [-0.4, -0.2) is 40.2 Å². The normalized spacial score (nSPS) is 15.6. The first kappa shape index (κ1) is 20.6. The molecule has 27 heavy (non-hydrogen) atoms. The van der Waals surface area contributed by atoms with Gasteiger partial charge in [-0.05, 0) is 53.7 Å². The number of thiophene rings is 1. The van der Waals surface area contributed by atoms with Gasteiger partial charge < -0.3 is 14.6 Å². The van der Waals surface area contributed by atoms with Crippen molar-refractivity contribution in [3.8, 4) is 5.06 Å². The predicted molar refractivity (Wildman–Crippen MR) is 105 cm³/mol. The molecule has 1 aliphatic rings. The average molecular weight is 393 g/mol. The lowest BCUT2D eigenvalue weighted by molar-refractivity contribution is 0.0562. The highest BCUT2D eigenvalue weighted by Gasteiger charge is 2.22. The number of alkyl carbamates (subject to hydrolysis) is 1. The topological polar surface area (TPSA) is 110 Å². The fourth-order valence-electron chi connectivity index (χ4n) is 2.02. The molecule has 0 saturated heterocycles. The molecule has 1 aliphatic carbocycles. The van der Waals surface area contributed by atoms with Gasteiger partial charge in [-0.3, -0.25) is 5.32 Å². The van der Waals surface area contributed by atoms with Crippen molar-refractivity contribution in [2.24, 2.45) is 9.98 Å². The van der Waals surface area contributed by atoms with Crippen LogP contribution in [0.3, 0.4) is 0 Å². The number of ether oxygens (including phenoxy) is 2. The van der Waals surface area contributed by atoms with E-state index in [2.05, 4.69) is 15.3 Å². The molecule has 0 bridgehead atoms. The van der Waals surface area contributed by atoms with Gasteiger partial charge in [0.1, 0.15) is 11.2 Å². The largest absolute Gasteiger partial charge is 0.499 e. The highest BCUT2D eigenvalue weighted by Crippen LogP contribution is 2.33. The molecule has 9 heteroatoms. The fourth-order valence-corrected chi connectivity index (χ4v) is 2.83. The molecule has 0 aliphatic heterocycles. The maximum Gasteiger partial charge on any atom is 0.437 e. The van der Waals surface area contributed by atoms with Crippen LogP contribution in [0.4, 0.5) is 9.59 Å². The van der Waals surface area contributed by atoms with Gasteiger partial charge in [0.05, 0.1) is 5.71 Å². The van der Waals surface area contributed by atoms with Gasteiger partial charge in [-0.25, -0.2) is 14.6 Å². The monoisotopic (exact) mass is 393 g/mol. The van der Waals surface area contributed by atoms with E-state index in [0.717, 1.165) is 4.88 Å². The minimum absolute atomic E-state index is 0.141. The SMILES string of the molecule is CC(C)(C)OC(=O)/N=C(\N=C1/C=Cc2sc(O)cc21)NC(=O)OC(C)(C)C. The number of aromatic hydroxyl groups is 1. The van der Waals surface area contributed by atoms with E-state index in [9.17, 15) is 14.7 Å². The zero-order chi connectivity index (χ0) is 20.4. The third-order valence-corrected chi connectivity index (χ3v) is 3.75. The second-order valence-corrected chi connectivity index (χ2v) is 8.80. The Morgan fingerprint density at radius 1 is 1.07 bits per heavy atom. The maximum atomic E-state index is 12.1. The van der Waals surface area contributed by atoms with Crippen molar-refractivity contribution in [3.05, 3.63) is 22.6 Å². The summed E-state index contributed by atoms with van der Waals surface area (Å²) in [4.78, 5) is 32.9. The van der Waals surface area contributed by atoms with Crippen LogP contribution in [-0.2, 0) is 9.47 Å². The number of fused-ring (bicyclic) bond motifs is 1. The summed E-state index contributed by atoms with van der Waals surface area (Å²) in [6.07, 6.45) is 1.77. The third-order valence-electron chi connectivity index (χ3n) is 2.85. The second kappa shape index (κ2) is 7.51. The van der Waals surface area contributed by atoms with E-state index < -0.39 is 23.4 Å². The quantitative estimate of drug-likeness (QED) is 0.510. The van der Waals surface area contributed by atoms with E-state index in [1.807, 2.05) is 0 Å². The molecule has 2 rings (SSSR count). The maximum absolute atomic E-state index is 12.1. The van der Waals surface area contributed by atoms with E-state index in [4.69, 9.17) is 9.47 Å². The van der Waals surface area contributed by atoms with Crippen LogP contribution in [0, 0.1) is 0 Å². The number of guanidine groups is 1. The lowest BCUT2D eigenvalue weighted by atomic mass is 10.2. The molecule has 0 aromatic carbocycles. The Morgan fingerprint density at radius 2 is 1.70 bits per heavy atom. The van der Waals surface area contributed by atoms with Crippen molar-refractivity contribution >= 4 is 41.3 Å². The van der Waals surface area contributed by atoms with Crippen molar-refractivity contribution in [3.63, 3.8) is 0 Å². The van der Waals surface area contributed by atoms with E-state index in [1.54, 1.807) is 59.8 Å². The summed E-state index contributed by atoms with van der Waals surface area (Å²) in [6, 6.07) is 1.55. The van der Waals surface area contributed by atoms with Crippen molar-refractivity contribution in [2.45, 2.75) is 52.7 Å². The summed E-state index contributed by atoms with van der Waals surface area (Å²) in [5.41, 5.74) is -0.349. The van der Waals surface area contributed by atoms with Crippen LogP contribution in [0.15, 0.2) is 22.1 Å². The van der Waals surface area contributed by atoms with Crippen LogP contribution < -0.4 is 5.32 Å². The van der Waals surface area contributed by atoms with E-state index in [0.29, 0.717) is 11.3 Å². The zero-order valence-electron chi connectivity index (χ0n) is 16.1. The van der Waals surface area contributed by atoms with Crippen LogP contribution in [0.25, 0.3) is 6.08 Å². The van der Waals surface area contributed by atoms with Crippen LogP contribution >= 0.6 is 11.3 Å². The first-order valence-corrected chi connectivity index (χ1v) is 9.06. The first-order valence-electron chi connectivity index (χ1n) is 8.24. The number of carbonyl (C=O) groups excluding carboxylic acids is 2. The van der Waals surface area contributed by atoms with Gasteiger partial charge in [-0.1, -0.05) is 11.3 Å². The predicted octanol–water partition coefficient (Wildman–Crippen LogP) is 4.09. The van der Waals surface area contributed by atoms with Crippen molar-refractivity contribution in [2.75, 3.05) is 0 Å². The molecule has 1 aromatic rings. The summed E-state index contributed by atoms with van der Waals surface area (Å²) >= 11 is 1.20. The van der Waals surface area contributed by atoms with Crippen LogP contribution in [0.5, 0.6) is 5.06 Å². The van der Waals surface area contributed by atoms with Crippen LogP contribution in [0.2, 0.25) is 0 Å². The molecular formula is C18H23N3O5S. The fraction of sp³-hybridized carbons (Fsp3) is 0.444. The molecule has 8 nitrogen and oxygen atoms in total. The molecule has 0 unspecified atom stereocenters. The van der Waals surface area contributed by atoms with Gasteiger partial charge in [0.25, 0.3) is 0 Å². The summed E-state index contributed by atoms with van der Waals surface area (Å²) < 4.78 is 10.3. The lowest BCUT2D eigenvalue weighted by Gasteiger charge is -2.20. The number of hydrogen-bond donors (Lipinski definition) is 2. The van der Waals surface area contributed by atoms with Gasteiger partial charge >= 0.3 is 12.2 Å². The van der Waals surface area contributed by atoms with Gasteiger partial charge in [-0.2, -0.15) is 0 Å². The Balaban J connectivity index is 2.30. The average Bonchev–Trinajstić information content (AvgIpc) is 2.94. The smallest absolute Gasteiger partial charge is 0.437 e. The minimum atomic E-state index is -0.895. The number of aliphatic imine (C=N–C) groups is 2. The molecule has 0 saturated carbocycles. The summed E-state index contributed by atoms with van der Waals surface area (Å²) in [7, 11) is 0. The van der Waals surface area contributed by atoms with Gasteiger partial charge in [0, 0.05) is 16.5 Å². The highest BCUT2D eigenvalue weighted by atomic mass is 32.1. The number of hydrogen-bond acceptors (Lipinski definition) is 6. The molecule has 0 atom stereocenters. The zero-order valence-corrected chi connectivity index (χ0v) is 16.9.